The first-order valence-electron chi connectivity index (χ1n) is 18.3. The fraction of sp³-hybridized carbons (Fsp3) is 0.0851. The fourth-order valence-corrected chi connectivity index (χ4v) is 9.56. The zero-order chi connectivity index (χ0) is 35.3. The molecule has 7 aromatic carbocycles. The molecule has 9 aromatic rings. The van der Waals surface area contributed by atoms with E-state index in [2.05, 4.69) is 163 Å². The van der Waals surface area contributed by atoms with Crippen LogP contribution in [0.1, 0.15) is 31.9 Å². The van der Waals surface area contributed by atoms with Crippen LogP contribution in [0, 0.1) is 11.3 Å². The van der Waals surface area contributed by atoms with Gasteiger partial charge in [0, 0.05) is 50.4 Å². The van der Waals surface area contributed by atoms with Gasteiger partial charge in [0.2, 0.25) is 0 Å². The third-order valence-corrected chi connectivity index (χ3v) is 11.8. The molecule has 6 heteroatoms. The highest BCUT2D eigenvalue weighted by atomic mass is 16.3. The molecule has 0 aliphatic carbocycles. The largest absolute Gasteiger partial charge is 0.456 e. The van der Waals surface area contributed by atoms with E-state index in [9.17, 15) is 5.26 Å². The van der Waals surface area contributed by atoms with Crippen molar-refractivity contribution in [2.75, 3.05) is 9.80 Å². The molecule has 0 saturated heterocycles. The molecule has 0 fully saturated rings. The molecule has 248 valence electrons. The Hall–Kier alpha value is -6.71. The Bertz CT molecular complexity index is 3160. The monoisotopic (exact) mass is 678 g/mol. The summed E-state index contributed by atoms with van der Waals surface area (Å²) in [4.78, 5) is 4.81. The minimum absolute atomic E-state index is 0.0494. The standard InChI is InChI=1S/C47H31BN4O/c1-47(2,3)28-18-21-37-35(24-28)48-34-13-9-16-39-46(34)52(38-15-8-12-33-30-10-4-6-14-36(30)51(39)45(33)38)41-23-27(26-49)22-40(44(41)48)50(37)29-19-20-32-31-11-5-7-17-42(31)53-43(32)25-29/h4-25H,1-3H3. The zero-order valence-electron chi connectivity index (χ0n) is 29.5. The summed E-state index contributed by atoms with van der Waals surface area (Å²) in [6.07, 6.45) is 0. The number of anilines is 6. The molecule has 0 unspecified atom stereocenters. The zero-order valence-corrected chi connectivity index (χ0v) is 29.5. The van der Waals surface area contributed by atoms with Crippen LogP contribution in [0.15, 0.2) is 138 Å². The molecule has 0 bridgehead atoms. The molecule has 5 nitrogen and oxygen atoms in total. The second-order valence-corrected chi connectivity index (χ2v) is 15.7. The van der Waals surface area contributed by atoms with Crippen LogP contribution in [-0.2, 0) is 5.41 Å². The lowest BCUT2D eigenvalue weighted by Gasteiger charge is -2.46. The van der Waals surface area contributed by atoms with Crippen LogP contribution in [-0.4, -0.2) is 11.3 Å². The highest BCUT2D eigenvalue weighted by Gasteiger charge is 2.46. The molecule has 3 aliphatic heterocycles. The van der Waals surface area contributed by atoms with Crippen LogP contribution in [0.5, 0.6) is 0 Å². The maximum absolute atomic E-state index is 10.7. The van der Waals surface area contributed by atoms with Gasteiger partial charge in [-0.1, -0.05) is 93.6 Å². The number of para-hydroxylation sites is 4. The molecule has 12 rings (SSSR count). The molecular formula is C47H31BN4O. The Balaban J connectivity index is 1.22. The summed E-state index contributed by atoms with van der Waals surface area (Å²) in [5.74, 6) is 0. The van der Waals surface area contributed by atoms with E-state index < -0.39 is 0 Å². The van der Waals surface area contributed by atoms with Gasteiger partial charge in [-0.3, -0.25) is 0 Å². The van der Waals surface area contributed by atoms with Crippen LogP contribution in [0.4, 0.5) is 34.1 Å². The van der Waals surface area contributed by atoms with Crippen molar-refractivity contribution in [3.05, 3.63) is 145 Å². The SMILES string of the molecule is CC(C)(C)c1ccc2c(c1)B1c3cccc4c3N(c3cc(C#N)cc(c31)N2c1ccc2c(c1)oc1ccccc12)c1cccc2c3ccccc3n-4c12. The van der Waals surface area contributed by atoms with Crippen molar-refractivity contribution < 1.29 is 4.42 Å². The summed E-state index contributed by atoms with van der Waals surface area (Å²) in [5, 5.41) is 15.3. The van der Waals surface area contributed by atoms with Gasteiger partial charge in [-0.05, 0) is 82.0 Å². The third-order valence-electron chi connectivity index (χ3n) is 11.8. The van der Waals surface area contributed by atoms with Gasteiger partial charge in [0.05, 0.1) is 39.7 Å². The van der Waals surface area contributed by atoms with E-state index in [4.69, 9.17) is 4.42 Å². The third kappa shape index (κ3) is 3.61. The van der Waals surface area contributed by atoms with Gasteiger partial charge >= 0.3 is 0 Å². The number of nitrogens with zero attached hydrogens (tertiary/aromatic N) is 4. The normalized spacial score (nSPS) is 13.8. The van der Waals surface area contributed by atoms with Crippen molar-refractivity contribution in [2.24, 2.45) is 0 Å². The summed E-state index contributed by atoms with van der Waals surface area (Å²) < 4.78 is 8.91. The average molecular weight is 679 g/mol. The Morgan fingerprint density at radius 3 is 2.17 bits per heavy atom. The first-order chi connectivity index (χ1) is 25.9. The number of hydrogen-bond acceptors (Lipinski definition) is 4. The molecule has 5 heterocycles. The summed E-state index contributed by atoms with van der Waals surface area (Å²) in [6, 6.07) is 50.7. The Labute approximate surface area is 306 Å². The summed E-state index contributed by atoms with van der Waals surface area (Å²) in [7, 11) is 0. The van der Waals surface area contributed by atoms with Crippen molar-refractivity contribution in [3.8, 4) is 11.8 Å². The van der Waals surface area contributed by atoms with Crippen LogP contribution >= 0.6 is 0 Å². The van der Waals surface area contributed by atoms with Gasteiger partial charge in [0.15, 0.2) is 0 Å². The molecule has 2 aromatic heterocycles. The van der Waals surface area contributed by atoms with Crippen LogP contribution in [0.2, 0.25) is 0 Å². The average Bonchev–Trinajstić information content (AvgIpc) is 3.72. The van der Waals surface area contributed by atoms with E-state index >= 15 is 0 Å². The minimum atomic E-state index is -0.0509. The number of rotatable bonds is 1. The van der Waals surface area contributed by atoms with E-state index in [1.807, 2.05) is 12.1 Å². The van der Waals surface area contributed by atoms with Crippen molar-refractivity contribution in [1.29, 1.82) is 5.26 Å². The van der Waals surface area contributed by atoms with E-state index in [1.165, 1.54) is 49.4 Å². The second kappa shape index (κ2) is 9.79. The van der Waals surface area contributed by atoms with Crippen LogP contribution < -0.4 is 26.2 Å². The number of nitriles is 1. The number of benzene rings is 7. The maximum Gasteiger partial charge on any atom is 0.252 e. The summed E-state index contributed by atoms with van der Waals surface area (Å²) >= 11 is 0. The van der Waals surface area contributed by atoms with Gasteiger partial charge in [-0.25, -0.2) is 0 Å². The fourth-order valence-electron chi connectivity index (χ4n) is 9.56. The first kappa shape index (κ1) is 28.9. The molecule has 0 N–H and O–H groups in total. The molecule has 0 saturated carbocycles. The van der Waals surface area contributed by atoms with E-state index in [0.717, 1.165) is 56.1 Å². The second-order valence-electron chi connectivity index (χ2n) is 15.7. The van der Waals surface area contributed by atoms with Gasteiger partial charge in [-0.15, -0.1) is 0 Å². The molecular weight excluding hydrogens is 647 g/mol. The first-order valence-corrected chi connectivity index (χ1v) is 18.3. The summed E-state index contributed by atoms with van der Waals surface area (Å²) in [6.45, 7) is 6.81. The minimum Gasteiger partial charge on any atom is -0.456 e. The Morgan fingerprint density at radius 2 is 1.32 bits per heavy atom. The van der Waals surface area contributed by atoms with E-state index in [0.29, 0.717) is 5.56 Å². The predicted octanol–water partition coefficient (Wildman–Crippen LogP) is 10.2. The van der Waals surface area contributed by atoms with Crippen molar-refractivity contribution in [3.63, 3.8) is 0 Å². The molecule has 3 aliphatic rings. The Kier molecular flexibility index (Phi) is 5.34. The van der Waals surface area contributed by atoms with Gasteiger partial charge in [0.25, 0.3) is 6.71 Å². The number of fused-ring (bicyclic) bond motifs is 12. The highest BCUT2D eigenvalue weighted by molar-refractivity contribution is 7.00. The number of hydrogen-bond donors (Lipinski definition) is 0. The smallest absolute Gasteiger partial charge is 0.252 e. The van der Waals surface area contributed by atoms with Crippen molar-refractivity contribution >= 4 is 101 Å². The maximum atomic E-state index is 10.7. The predicted molar refractivity (Wildman–Crippen MR) is 219 cm³/mol. The van der Waals surface area contributed by atoms with Gasteiger partial charge in [0.1, 0.15) is 11.2 Å². The number of furan rings is 1. The molecule has 0 atom stereocenters. The highest BCUT2D eigenvalue weighted by Crippen LogP contribution is 2.52. The molecule has 0 radical (unpaired) electrons. The van der Waals surface area contributed by atoms with Crippen LogP contribution in [0.25, 0.3) is 49.4 Å². The van der Waals surface area contributed by atoms with Crippen LogP contribution in [0.3, 0.4) is 0 Å². The van der Waals surface area contributed by atoms with Gasteiger partial charge in [-0.2, -0.15) is 5.26 Å². The van der Waals surface area contributed by atoms with Crippen molar-refractivity contribution in [2.45, 2.75) is 26.2 Å². The van der Waals surface area contributed by atoms with E-state index in [-0.39, 0.29) is 12.1 Å². The molecule has 53 heavy (non-hydrogen) atoms. The molecule has 0 spiro atoms. The summed E-state index contributed by atoms with van der Waals surface area (Å²) in [5.41, 5.74) is 17.3. The topological polar surface area (TPSA) is 48.3 Å². The quantitative estimate of drug-likeness (QED) is 0.162. The van der Waals surface area contributed by atoms with Gasteiger partial charge < -0.3 is 18.8 Å². The molecule has 0 amide bonds. The van der Waals surface area contributed by atoms with E-state index in [1.54, 1.807) is 0 Å². The lowest BCUT2D eigenvalue weighted by molar-refractivity contribution is 0.591. The lowest BCUT2D eigenvalue weighted by atomic mass is 9.33. The Morgan fingerprint density at radius 1 is 0.585 bits per heavy atom. The van der Waals surface area contributed by atoms with Crippen molar-refractivity contribution in [1.82, 2.24) is 4.57 Å². The lowest BCUT2D eigenvalue weighted by Crippen LogP contribution is -2.62. The number of aromatic nitrogens is 1.